The Morgan fingerprint density at radius 1 is 1.03 bits per heavy atom. The molecule has 0 bridgehead atoms. The average molecular weight is 444 g/mol. The number of amides is 1. The molecule has 0 spiro atoms. The van der Waals surface area contributed by atoms with Crippen molar-refractivity contribution in [3.8, 4) is 0 Å². The van der Waals surface area contributed by atoms with E-state index in [1.54, 1.807) is 19.2 Å². The quantitative estimate of drug-likeness (QED) is 0.686. The lowest BCUT2D eigenvalue weighted by Crippen LogP contribution is -2.48. The largest absolute Gasteiger partial charge is 0.377 e. The number of hydrogen-bond donors (Lipinski definition) is 0. The Labute approximate surface area is 184 Å². The fourth-order valence-corrected chi connectivity index (χ4v) is 5.31. The Morgan fingerprint density at radius 2 is 1.71 bits per heavy atom. The number of anilines is 1. The van der Waals surface area contributed by atoms with Gasteiger partial charge in [0.2, 0.25) is 10.0 Å². The van der Waals surface area contributed by atoms with Gasteiger partial charge in [-0.05, 0) is 49.2 Å². The van der Waals surface area contributed by atoms with Crippen LogP contribution in [-0.4, -0.2) is 76.0 Å². The van der Waals surface area contributed by atoms with E-state index >= 15 is 0 Å². The molecule has 2 fully saturated rings. The van der Waals surface area contributed by atoms with Gasteiger partial charge in [-0.2, -0.15) is 4.31 Å². The van der Waals surface area contributed by atoms with Crippen LogP contribution in [0.5, 0.6) is 0 Å². The van der Waals surface area contributed by atoms with Crippen molar-refractivity contribution in [1.29, 1.82) is 0 Å². The molecule has 2 heterocycles. The minimum atomic E-state index is -3.61. The number of para-hydroxylation sites is 1. The van der Waals surface area contributed by atoms with Crippen LogP contribution in [-0.2, 0) is 14.8 Å². The van der Waals surface area contributed by atoms with Crippen molar-refractivity contribution in [3.05, 3.63) is 60.2 Å². The van der Waals surface area contributed by atoms with Gasteiger partial charge in [0.25, 0.3) is 5.91 Å². The Bertz CT molecular complexity index is 981. The highest BCUT2D eigenvalue weighted by Crippen LogP contribution is 2.21. The molecular weight excluding hydrogens is 414 g/mol. The summed E-state index contributed by atoms with van der Waals surface area (Å²) in [5, 5.41) is 0. The van der Waals surface area contributed by atoms with E-state index in [1.165, 1.54) is 16.4 Å². The normalized spacial score (nSPS) is 19.7. The van der Waals surface area contributed by atoms with Crippen molar-refractivity contribution in [2.45, 2.75) is 23.8 Å². The standard InChI is InChI=1S/C23H29N3O4S/c1-24(18-21-8-5-17-30-21)31(28,29)22-11-9-19(10-12-22)23(27)26-15-13-25(14-16-26)20-6-3-2-4-7-20/h2-4,6-7,9-12,21H,5,8,13-18H2,1H3/t21-/m0/s1. The second kappa shape index (κ2) is 9.38. The van der Waals surface area contributed by atoms with Gasteiger partial charge in [0.1, 0.15) is 0 Å². The SMILES string of the molecule is CN(C[C@@H]1CCCO1)S(=O)(=O)c1ccc(C(=O)N2CCN(c3ccccc3)CC2)cc1. The van der Waals surface area contributed by atoms with Gasteiger partial charge in [-0.3, -0.25) is 4.79 Å². The van der Waals surface area contributed by atoms with E-state index in [-0.39, 0.29) is 16.9 Å². The molecule has 0 unspecified atom stereocenters. The maximum atomic E-state index is 12.9. The van der Waals surface area contributed by atoms with Crippen molar-refractivity contribution in [2.24, 2.45) is 0 Å². The average Bonchev–Trinajstić information content (AvgIpc) is 3.32. The number of ether oxygens (including phenoxy) is 1. The number of carbonyl (C=O) groups excluding carboxylic acids is 1. The van der Waals surface area contributed by atoms with Crippen LogP contribution in [0, 0.1) is 0 Å². The lowest BCUT2D eigenvalue weighted by molar-refractivity contribution is 0.0746. The number of benzene rings is 2. The molecule has 0 aromatic heterocycles. The van der Waals surface area contributed by atoms with Gasteiger partial charge in [-0.15, -0.1) is 0 Å². The van der Waals surface area contributed by atoms with Crippen molar-refractivity contribution in [1.82, 2.24) is 9.21 Å². The fourth-order valence-electron chi connectivity index (χ4n) is 4.11. The molecule has 1 amide bonds. The van der Waals surface area contributed by atoms with E-state index in [0.717, 1.165) is 31.6 Å². The first kappa shape index (κ1) is 21.8. The number of likely N-dealkylation sites (N-methyl/N-ethyl adjacent to an activating group) is 1. The van der Waals surface area contributed by atoms with Gasteiger partial charge >= 0.3 is 0 Å². The topological polar surface area (TPSA) is 70.2 Å². The summed E-state index contributed by atoms with van der Waals surface area (Å²) in [5.41, 5.74) is 1.67. The molecule has 7 nitrogen and oxygen atoms in total. The molecule has 0 saturated carbocycles. The number of sulfonamides is 1. The van der Waals surface area contributed by atoms with E-state index in [9.17, 15) is 13.2 Å². The van der Waals surface area contributed by atoms with Crippen LogP contribution in [0.1, 0.15) is 23.2 Å². The van der Waals surface area contributed by atoms with Crippen molar-refractivity contribution >= 4 is 21.6 Å². The summed E-state index contributed by atoms with van der Waals surface area (Å²) in [6.07, 6.45) is 1.80. The van der Waals surface area contributed by atoms with E-state index in [1.807, 2.05) is 23.1 Å². The van der Waals surface area contributed by atoms with Crippen LogP contribution in [0.25, 0.3) is 0 Å². The van der Waals surface area contributed by atoms with Crippen LogP contribution >= 0.6 is 0 Å². The van der Waals surface area contributed by atoms with Crippen LogP contribution in [0.15, 0.2) is 59.5 Å². The van der Waals surface area contributed by atoms with Crippen molar-refractivity contribution in [2.75, 3.05) is 51.3 Å². The zero-order chi connectivity index (χ0) is 21.8. The van der Waals surface area contributed by atoms with Crippen LogP contribution < -0.4 is 4.90 Å². The molecule has 0 aliphatic carbocycles. The van der Waals surface area contributed by atoms with Crippen molar-refractivity contribution < 1.29 is 17.9 Å². The predicted molar refractivity (Wildman–Crippen MR) is 120 cm³/mol. The third kappa shape index (κ3) is 4.92. The number of hydrogen-bond acceptors (Lipinski definition) is 5. The maximum Gasteiger partial charge on any atom is 0.253 e. The lowest BCUT2D eigenvalue weighted by Gasteiger charge is -2.36. The maximum absolute atomic E-state index is 12.9. The number of nitrogens with zero attached hydrogens (tertiary/aromatic N) is 3. The summed E-state index contributed by atoms with van der Waals surface area (Å²) < 4.78 is 32.6. The molecule has 31 heavy (non-hydrogen) atoms. The molecule has 0 radical (unpaired) electrons. The highest BCUT2D eigenvalue weighted by atomic mass is 32.2. The van der Waals surface area contributed by atoms with E-state index in [4.69, 9.17) is 4.74 Å². The smallest absolute Gasteiger partial charge is 0.253 e. The second-order valence-electron chi connectivity index (χ2n) is 8.06. The molecule has 2 aliphatic rings. The first-order valence-electron chi connectivity index (χ1n) is 10.7. The molecule has 0 N–H and O–H groups in total. The summed E-state index contributed by atoms with van der Waals surface area (Å²) in [6.45, 7) is 3.85. The van der Waals surface area contributed by atoms with E-state index in [2.05, 4.69) is 17.0 Å². The van der Waals surface area contributed by atoms with Gasteiger partial charge in [0, 0.05) is 57.6 Å². The molecule has 2 aromatic rings. The highest BCUT2D eigenvalue weighted by molar-refractivity contribution is 7.89. The zero-order valence-electron chi connectivity index (χ0n) is 17.8. The monoisotopic (exact) mass is 443 g/mol. The van der Waals surface area contributed by atoms with Gasteiger partial charge in [-0.1, -0.05) is 18.2 Å². The zero-order valence-corrected chi connectivity index (χ0v) is 18.6. The van der Waals surface area contributed by atoms with Gasteiger partial charge in [-0.25, -0.2) is 8.42 Å². The number of piperazine rings is 1. The molecule has 166 valence electrons. The van der Waals surface area contributed by atoms with E-state index in [0.29, 0.717) is 31.8 Å². The molecule has 2 aromatic carbocycles. The van der Waals surface area contributed by atoms with Gasteiger partial charge < -0.3 is 14.5 Å². The predicted octanol–water partition coefficient (Wildman–Crippen LogP) is 2.45. The first-order valence-corrected chi connectivity index (χ1v) is 12.2. The lowest BCUT2D eigenvalue weighted by atomic mass is 10.1. The Morgan fingerprint density at radius 3 is 2.32 bits per heavy atom. The summed E-state index contributed by atoms with van der Waals surface area (Å²) >= 11 is 0. The van der Waals surface area contributed by atoms with Crippen molar-refractivity contribution in [3.63, 3.8) is 0 Å². The van der Waals surface area contributed by atoms with Crippen LogP contribution in [0.4, 0.5) is 5.69 Å². The fraction of sp³-hybridized carbons (Fsp3) is 0.435. The van der Waals surface area contributed by atoms with Crippen LogP contribution in [0.3, 0.4) is 0 Å². The minimum Gasteiger partial charge on any atom is -0.377 e. The van der Waals surface area contributed by atoms with Crippen LogP contribution in [0.2, 0.25) is 0 Å². The number of rotatable bonds is 6. The molecule has 1 atom stereocenters. The molecule has 2 aliphatic heterocycles. The summed E-state index contributed by atoms with van der Waals surface area (Å²) in [7, 11) is -2.04. The third-order valence-electron chi connectivity index (χ3n) is 5.98. The van der Waals surface area contributed by atoms with E-state index < -0.39 is 10.0 Å². The first-order chi connectivity index (χ1) is 14.9. The summed E-state index contributed by atoms with van der Waals surface area (Å²) in [5.74, 6) is -0.0654. The summed E-state index contributed by atoms with van der Waals surface area (Å²) in [6, 6.07) is 16.4. The molecule has 2 saturated heterocycles. The molecule has 8 heteroatoms. The van der Waals surface area contributed by atoms with Gasteiger partial charge in [0.15, 0.2) is 0 Å². The molecular formula is C23H29N3O4S. The molecule has 4 rings (SSSR count). The number of carbonyl (C=O) groups is 1. The third-order valence-corrected chi connectivity index (χ3v) is 7.82. The second-order valence-corrected chi connectivity index (χ2v) is 10.1. The van der Waals surface area contributed by atoms with Gasteiger partial charge in [0.05, 0.1) is 11.0 Å². The summed E-state index contributed by atoms with van der Waals surface area (Å²) in [4.78, 5) is 17.2. The minimum absolute atomic E-state index is 0.0461. The highest BCUT2D eigenvalue weighted by Gasteiger charge is 2.27. The Hall–Kier alpha value is -2.42. The Balaban J connectivity index is 1.37. The Kier molecular flexibility index (Phi) is 6.60.